The van der Waals surface area contributed by atoms with Crippen LogP contribution in [-0.2, 0) is 13.6 Å². The summed E-state index contributed by atoms with van der Waals surface area (Å²) < 4.78 is 1.71. The molecule has 0 radical (unpaired) electrons. The summed E-state index contributed by atoms with van der Waals surface area (Å²) in [6, 6.07) is 10.3. The Bertz CT molecular complexity index is 584. The van der Waals surface area contributed by atoms with Crippen molar-refractivity contribution in [2.24, 2.45) is 7.05 Å². The summed E-state index contributed by atoms with van der Waals surface area (Å²) in [6.07, 6.45) is 0. The van der Waals surface area contributed by atoms with Crippen LogP contribution in [0.5, 0.6) is 0 Å². The Morgan fingerprint density at radius 1 is 1.29 bits per heavy atom. The molecule has 1 aromatic carbocycles. The van der Waals surface area contributed by atoms with Gasteiger partial charge in [0.1, 0.15) is 0 Å². The van der Waals surface area contributed by atoms with Crippen LogP contribution in [0.3, 0.4) is 0 Å². The van der Waals surface area contributed by atoms with Crippen LogP contribution in [0.1, 0.15) is 19.4 Å². The molecule has 2 rings (SSSR count). The van der Waals surface area contributed by atoms with Crippen LogP contribution in [0.4, 0.5) is 0 Å². The van der Waals surface area contributed by atoms with Gasteiger partial charge in [0, 0.05) is 25.2 Å². The zero-order valence-corrected chi connectivity index (χ0v) is 10.5. The Hall–Kier alpha value is -1.61. The quantitative estimate of drug-likeness (QED) is 0.875. The van der Waals surface area contributed by atoms with Gasteiger partial charge in [0.05, 0.1) is 5.52 Å². The van der Waals surface area contributed by atoms with E-state index in [1.54, 1.807) is 4.57 Å². The zero-order chi connectivity index (χ0) is 12.4. The number of hydrogen-bond donors (Lipinski definition) is 1. The van der Waals surface area contributed by atoms with Gasteiger partial charge in [-0.3, -0.25) is 4.79 Å². The van der Waals surface area contributed by atoms with Crippen molar-refractivity contribution in [1.82, 2.24) is 9.88 Å². The second kappa shape index (κ2) is 4.72. The van der Waals surface area contributed by atoms with Crippen molar-refractivity contribution in [3.8, 4) is 0 Å². The average Bonchev–Trinajstić information content (AvgIpc) is 2.32. The minimum atomic E-state index is 0.0804. The summed E-state index contributed by atoms with van der Waals surface area (Å²) >= 11 is 0. The Kier molecular flexibility index (Phi) is 3.29. The third-order valence-electron chi connectivity index (χ3n) is 2.91. The van der Waals surface area contributed by atoms with Crippen LogP contribution in [0.25, 0.3) is 10.9 Å². The van der Waals surface area contributed by atoms with E-state index in [1.165, 1.54) is 0 Å². The van der Waals surface area contributed by atoms with Gasteiger partial charge in [-0.15, -0.1) is 0 Å². The third kappa shape index (κ3) is 2.39. The summed E-state index contributed by atoms with van der Waals surface area (Å²) in [5, 5.41) is 4.39. The van der Waals surface area contributed by atoms with Crippen molar-refractivity contribution in [2.45, 2.75) is 26.4 Å². The number of aromatic nitrogens is 1. The molecule has 0 atom stereocenters. The molecular weight excluding hydrogens is 212 g/mol. The first kappa shape index (κ1) is 11.9. The van der Waals surface area contributed by atoms with E-state index in [2.05, 4.69) is 19.2 Å². The molecule has 0 unspecified atom stereocenters. The molecule has 1 N–H and O–H groups in total. The van der Waals surface area contributed by atoms with Crippen LogP contribution in [0.15, 0.2) is 35.1 Å². The molecule has 0 amide bonds. The van der Waals surface area contributed by atoms with E-state index in [0.717, 1.165) is 16.5 Å². The lowest BCUT2D eigenvalue weighted by atomic mass is 10.1. The summed E-state index contributed by atoms with van der Waals surface area (Å²) in [7, 11) is 1.82. The molecule has 0 bridgehead atoms. The lowest BCUT2D eigenvalue weighted by Crippen LogP contribution is -2.29. The highest BCUT2D eigenvalue weighted by molar-refractivity contribution is 5.79. The van der Waals surface area contributed by atoms with Gasteiger partial charge in [-0.1, -0.05) is 32.0 Å². The van der Waals surface area contributed by atoms with Gasteiger partial charge >= 0.3 is 0 Å². The van der Waals surface area contributed by atoms with Crippen molar-refractivity contribution in [1.29, 1.82) is 0 Å². The highest BCUT2D eigenvalue weighted by Crippen LogP contribution is 2.12. The molecule has 1 heterocycles. The normalized spacial score (nSPS) is 11.3. The molecule has 3 heteroatoms. The van der Waals surface area contributed by atoms with Gasteiger partial charge in [-0.05, 0) is 17.5 Å². The van der Waals surface area contributed by atoms with Crippen molar-refractivity contribution in [3.63, 3.8) is 0 Å². The predicted octanol–water partition coefficient (Wildman–Crippen LogP) is 2.04. The average molecular weight is 230 g/mol. The van der Waals surface area contributed by atoms with E-state index in [9.17, 15) is 4.79 Å². The van der Waals surface area contributed by atoms with Crippen LogP contribution >= 0.6 is 0 Å². The van der Waals surface area contributed by atoms with E-state index in [-0.39, 0.29) is 5.56 Å². The number of rotatable bonds is 3. The van der Waals surface area contributed by atoms with Gasteiger partial charge in [-0.25, -0.2) is 0 Å². The molecule has 1 aromatic heterocycles. The molecule has 0 spiro atoms. The fraction of sp³-hybridized carbons (Fsp3) is 0.357. The Labute approximate surface area is 101 Å². The zero-order valence-electron chi connectivity index (χ0n) is 10.5. The number of para-hydroxylation sites is 1. The standard InChI is InChI=1S/C14H18N2O/c1-10(2)15-9-12-8-11-6-4-5-7-13(11)16(3)14(12)17/h4-8,10,15H,9H2,1-3H3. The molecule has 3 nitrogen and oxygen atoms in total. The Morgan fingerprint density at radius 2 is 2.00 bits per heavy atom. The molecular formula is C14H18N2O. The molecule has 0 saturated heterocycles. The van der Waals surface area contributed by atoms with Crippen LogP contribution < -0.4 is 10.9 Å². The third-order valence-corrected chi connectivity index (χ3v) is 2.91. The highest BCUT2D eigenvalue weighted by Gasteiger charge is 2.06. The monoisotopic (exact) mass is 230 g/mol. The summed E-state index contributed by atoms with van der Waals surface area (Å²) in [4.78, 5) is 12.1. The van der Waals surface area contributed by atoms with Crippen molar-refractivity contribution >= 4 is 10.9 Å². The van der Waals surface area contributed by atoms with Crippen molar-refractivity contribution in [3.05, 3.63) is 46.2 Å². The van der Waals surface area contributed by atoms with Crippen molar-refractivity contribution < 1.29 is 0 Å². The maximum Gasteiger partial charge on any atom is 0.255 e. The van der Waals surface area contributed by atoms with Gasteiger partial charge < -0.3 is 9.88 Å². The number of nitrogens with one attached hydrogen (secondary N) is 1. The van der Waals surface area contributed by atoms with E-state index >= 15 is 0 Å². The lowest BCUT2D eigenvalue weighted by Gasteiger charge is -2.11. The SMILES string of the molecule is CC(C)NCc1cc2ccccc2n(C)c1=O. The predicted molar refractivity (Wildman–Crippen MR) is 71.2 cm³/mol. The first-order valence-electron chi connectivity index (χ1n) is 5.90. The molecule has 90 valence electrons. The largest absolute Gasteiger partial charge is 0.311 e. The number of aryl methyl sites for hydroxylation is 1. The molecule has 2 aromatic rings. The maximum atomic E-state index is 12.1. The molecule has 0 aliphatic heterocycles. The lowest BCUT2D eigenvalue weighted by molar-refractivity contribution is 0.584. The smallest absolute Gasteiger partial charge is 0.255 e. The number of pyridine rings is 1. The van der Waals surface area contributed by atoms with Crippen LogP contribution in [0.2, 0.25) is 0 Å². The Balaban J connectivity index is 2.50. The number of benzene rings is 1. The van der Waals surface area contributed by atoms with Crippen molar-refractivity contribution in [2.75, 3.05) is 0 Å². The van der Waals surface area contributed by atoms with Crippen LogP contribution in [0, 0.1) is 0 Å². The van der Waals surface area contributed by atoms with Gasteiger partial charge in [0.2, 0.25) is 0 Å². The number of nitrogens with zero attached hydrogens (tertiary/aromatic N) is 1. The van der Waals surface area contributed by atoms with Gasteiger partial charge in [-0.2, -0.15) is 0 Å². The molecule has 0 aliphatic carbocycles. The minimum Gasteiger partial charge on any atom is -0.311 e. The fourth-order valence-electron chi connectivity index (χ4n) is 1.93. The number of fused-ring (bicyclic) bond motifs is 1. The first-order chi connectivity index (χ1) is 8.09. The Morgan fingerprint density at radius 3 is 2.71 bits per heavy atom. The second-order valence-corrected chi connectivity index (χ2v) is 4.63. The minimum absolute atomic E-state index is 0.0804. The van der Waals surface area contributed by atoms with Gasteiger partial charge in [0.25, 0.3) is 5.56 Å². The van der Waals surface area contributed by atoms with E-state index in [1.807, 2.05) is 37.4 Å². The summed E-state index contributed by atoms with van der Waals surface area (Å²) in [5.74, 6) is 0. The van der Waals surface area contributed by atoms with E-state index in [0.29, 0.717) is 12.6 Å². The molecule has 0 saturated carbocycles. The van der Waals surface area contributed by atoms with E-state index < -0.39 is 0 Å². The summed E-state index contributed by atoms with van der Waals surface area (Å²) in [5.41, 5.74) is 1.88. The van der Waals surface area contributed by atoms with E-state index in [4.69, 9.17) is 0 Å². The highest BCUT2D eigenvalue weighted by atomic mass is 16.1. The number of hydrogen-bond acceptors (Lipinski definition) is 2. The maximum absolute atomic E-state index is 12.1. The molecule has 17 heavy (non-hydrogen) atoms. The molecule has 0 aliphatic rings. The first-order valence-corrected chi connectivity index (χ1v) is 5.90. The van der Waals surface area contributed by atoms with Gasteiger partial charge in [0.15, 0.2) is 0 Å². The topological polar surface area (TPSA) is 34.0 Å². The molecule has 0 fully saturated rings. The fourth-order valence-corrected chi connectivity index (χ4v) is 1.93. The second-order valence-electron chi connectivity index (χ2n) is 4.63. The summed E-state index contributed by atoms with van der Waals surface area (Å²) in [6.45, 7) is 4.77. The van der Waals surface area contributed by atoms with Crippen LogP contribution in [-0.4, -0.2) is 10.6 Å².